The third kappa shape index (κ3) is 1.47. The molecule has 1 heterocycles. The maximum atomic E-state index is 11.2. The van der Waals surface area contributed by atoms with Gasteiger partial charge in [0.15, 0.2) is 5.78 Å². The van der Waals surface area contributed by atoms with Crippen molar-refractivity contribution in [2.24, 2.45) is 0 Å². The number of hydrogen-bond donors (Lipinski definition) is 2. The van der Waals surface area contributed by atoms with Gasteiger partial charge in [-0.15, -0.1) is 0 Å². The molecule has 0 saturated carbocycles. The van der Waals surface area contributed by atoms with Crippen LogP contribution in [0, 0.1) is 0 Å². The summed E-state index contributed by atoms with van der Waals surface area (Å²) < 4.78 is 0. The van der Waals surface area contributed by atoms with E-state index in [1.54, 1.807) is 6.92 Å². The smallest absolute Gasteiger partial charge is 0.309 e. The molecule has 0 amide bonds. The number of hydrogen-bond acceptors (Lipinski definition) is 2. The zero-order valence-electron chi connectivity index (χ0n) is 7.23. The largest absolute Gasteiger partial charge is 0.323 e. The number of carbonyl (C=O) groups excluding carboxylic acids is 1. The molecule has 0 unspecified atom stereocenters. The van der Waals surface area contributed by atoms with Crippen molar-refractivity contribution in [3.63, 3.8) is 0 Å². The molecule has 0 fully saturated rings. The van der Waals surface area contributed by atoms with E-state index in [1.165, 1.54) is 0 Å². The van der Waals surface area contributed by atoms with E-state index in [9.17, 15) is 9.59 Å². The number of imidazole rings is 1. The minimum absolute atomic E-state index is 0.0230. The zero-order valence-corrected chi connectivity index (χ0v) is 7.23. The lowest BCUT2D eigenvalue weighted by Gasteiger charge is -1.95. The van der Waals surface area contributed by atoms with Crippen molar-refractivity contribution in [1.82, 2.24) is 9.97 Å². The van der Waals surface area contributed by atoms with Gasteiger partial charge >= 0.3 is 5.69 Å². The molecule has 0 saturated heterocycles. The molecule has 0 aliphatic rings. The summed E-state index contributed by atoms with van der Waals surface area (Å²) in [5.41, 5.74) is 0.834. The van der Waals surface area contributed by atoms with Crippen LogP contribution in [0.15, 0.2) is 4.79 Å². The summed E-state index contributed by atoms with van der Waals surface area (Å²) in [5.74, 6) is -0.0230. The first-order valence-corrected chi connectivity index (χ1v) is 4.03. The highest BCUT2D eigenvalue weighted by Gasteiger charge is 2.11. The number of nitrogens with one attached hydrogen (secondary N) is 2. The average Bonchev–Trinajstić information content (AvgIpc) is 2.45. The Labute approximate surface area is 70.0 Å². The highest BCUT2D eigenvalue weighted by molar-refractivity contribution is 5.94. The highest BCUT2D eigenvalue weighted by Crippen LogP contribution is 2.03. The first-order chi connectivity index (χ1) is 5.69. The number of ketones is 1. The second-order valence-corrected chi connectivity index (χ2v) is 2.56. The molecule has 0 bridgehead atoms. The molecule has 4 heteroatoms. The molecule has 0 spiro atoms. The van der Waals surface area contributed by atoms with Crippen LogP contribution in [0.4, 0.5) is 0 Å². The second-order valence-electron chi connectivity index (χ2n) is 2.56. The summed E-state index contributed by atoms with van der Waals surface area (Å²) in [7, 11) is 0. The molecule has 2 N–H and O–H groups in total. The van der Waals surface area contributed by atoms with Crippen molar-refractivity contribution in [3.8, 4) is 0 Å². The minimum Gasteiger partial charge on any atom is -0.309 e. The number of aromatic amines is 2. The molecule has 12 heavy (non-hydrogen) atoms. The van der Waals surface area contributed by atoms with Gasteiger partial charge in [-0.2, -0.15) is 0 Å². The van der Waals surface area contributed by atoms with Crippen LogP contribution in [0.2, 0.25) is 0 Å². The molecule has 1 aromatic rings. The Morgan fingerprint density at radius 1 is 1.33 bits per heavy atom. The van der Waals surface area contributed by atoms with Gasteiger partial charge in [-0.1, -0.05) is 13.8 Å². The van der Waals surface area contributed by atoms with Gasteiger partial charge in [0.05, 0.1) is 0 Å². The quantitative estimate of drug-likeness (QED) is 0.657. The van der Waals surface area contributed by atoms with Crippen LogP contribution >= 0.6 is 0 Å². The first-order valence-electron chi connectivity index (χ1n) is 4.03. The minimum atomic E-state index is -0.302. The average molecular weight is 168 g/mol. The van der Waals surface area contributed by atoms with Gasteiger partial charge in [-0.05, 0) is 6.42 Å². The SMILES string of the molecule is CCC(=O)c1[nH]c(=O)[nH]c1CC. The Morgan fingerprint density at radius 3 is 2.50 bits per heavy atom. The van der Waals surface area contributed by atoms with E-state index in [-0.39, 0.29) is 11.5 Å². The van der Waals surface area contributed by atoms with Gasteiger partial charge in [0.25, 0.3) is 0 Å². The van der Waals surface area contributed by atoms with E-state index in [2.05, 4.69) is 9.97 Å². The van der Waals surface area contributed by atoms with Crippen molar-refractivity contribution < 1.29 is 4.79 Å². The van der Waals surface area contributed by atoms with Crippen LogP contribution in [0.3, 0.4) is 0 Å². The van der Waals surface area contributed by atoms with E-state index in [0.717, 1.165) is 0 Å². The van der Waals surface area contributed by atoms with Crippen molar-refractivity contribution in [2.45, 2.75) is 26.7 Å². The van der Waals surface area contributed by atoms with Crippen LogP contribution in [-0.2, 0) is 6.42 Å². The first kappa shape index (κ1) is 8.77. The molecule has 0 aliphatic heterocycles. The monoisotopic (exact) mass is 168 g/mol. The molecule has 0 aliphatic carbocycles. The molecule has 1 aromatic heterocycles. The number of aryl methyl sites for hydroxylation is 1. The number of Topliss-reactive ketones (excluding diaryl/α,β-unsaturated/α-hetero) is 1. The van der Waals surface area contributed by atoms with Crippen molar-refractivity contribution in [3.05, 3.63) is 21.9 Å². The van der Waals surface area contributed by atoms with Gasteiger partial charge in [-0.25, -0.2) is 4.79 Å². The van der Waals surface area contributed by atoms with E-state index in [0.29, 0.717) is 24.2 Å². The van der Waals surface area contributed by atoms with Crippen molar-refractivity contribution in [1.29, 1.82) is 0 Å². The summed E-state index contributed by atoms with van der Waals surface area (Å²) in [6.07, 6.45) is 1.08. The molecule has 0 radical (unpaired) electrons. The number of H-pyrrole nitrogens is 2. The van der Waals surface area contributed by atoms with E-state index >= 15 is 0 Å². The Balaban J connectivity index is 3.13. The van der Waals surface area contributed by atoms with Gasteiger partial charge in [0, 0.05) is 12.1 Å². The standard InChI is InChI=1S/C8H12N2O2/c1-3-5-7(6(11)4-2)10-8(12)9-5/h3-4H2,1-2H3,(H2,9,10,12). The lowest BCUT2D eigenvalue weighted by Crippen LogP contribution is -2.04. The van der Waals surface area contributed by atoms with Crippen LogP contribution in [0.25, 0.3) is 0 Å². The predicted octanol–water partition coefficient (Wildman–Crippen LogP) is 0.858. The summed E-state index contributed by atoms with van der Waals surface area (Å²) in [6.45, 7) is 3.67. The zero-order chi connectivity index (χ0) is 9.14. The Kier molecular flexibility index (Phi) is 2.47. The lowest BCUT2D eigenvalue weighted by atomic mass is 10.1. The normalized spacial score (nSPS) is 10.2. The molecular formula is C8H12N2O2. The van der Waals surface area contributed by atoms with Gasteiger partial charge in [0.1, 0.15) is 5.69 Å². The summed E-state index contributed by atoms with van der Waals surface area (Å²) in [4.78, 5) is 27.1. The number of rotatable bonds is 3. The molecule has 0 aromatic carbocycles. The van der Waals surface area contributed by atoms with Crippen LogP contribution in [-0.4, -0.2) is 15.8 Å². The maximum absolute atomic E-state index is 11.2. The highest BCUT2D eigenvalue weighted by atomic mass is 16.1. The van der Waals surface area contributed by atoms with E-state index in [4.69, 9.17) is 0 Å². The fourth-order valence-electron chi connectivity index (χ4n) is 1.10. The van der Waals surface area contributed by atoms with Crippen LogP contribution in [0.1, 0.15) is 36.5 Å². The Bertz CT molecular complexity index is 335. The summed E-state index contributed by atoms with van der Waals surface area (Å²) in [6, 6.07) is 0. The Hall–Kier alpha value is -1.32. The third-order valence-corrected chi connectivity index (χ3v) is 1.76. The third-order valence-electron chi connectivity index (χ3n) is 1.76. The van der Waals surface area contributed by atoms with Gasteiger partial charge in [-0.3, -0.25) is 4.79 Å². The molecule has 66 valence electrons. The van der Waals surface area contributed by atoms with E-state index in [1.807, 2.05) is 6.92 Å². The molecule has 1 rings (SSSR count). The molecule has 4 nitrogen and oxygen atoms in total. The second kappa shape index (κ2) is 3.38. The van der Waals surface area contributed by atoms with Crippen molar-refractivity contribution >= 4 is 5.78 Å². The molecule has 0 atom stereocenters. The lowest BCUT2D eigenvalue weighted by molar-refractivity contribution is 0.0983. The fourth-order valence-corrected chi connectivity index (χ4v) is 1.10. The van der Waals surface area contributed by atoms with Crippen LogP contribution in [0.5, 0.6) is 0 Å². The summed E-state index contributed by atoms with van der Waals surface area (Å²) in [5, 5.41) is 0. The van der Waals surface area contributed by atoms with E-state index < -0.39 is 0 Å². The van der Waals surface area contributed by atoms with Gasteiger partial charge < -0.3 is 9.97 Å². The molecular weight excluding hydrogens is 156 g/mol. The maximum Gasteiger partial charge on any atom is 0.323 e. The number of carbonyl (C=O) groups is 1. The van der Waals surface area contributed by atoms with Crippen molar-refractivity contribution in [2.75, 3.05) is 0 Å². The predicted molar refractivity (Wildman–Crippen MR) is 45.4 cm³/mol. The topological polar surface area (TPSA) is 65.7 Å². The summed E-state index contributed by atoms with van der Waals surface area (Å²) >= 11 is 0. The van der Waals surface area contributed by atoms with Gasteiger partial charge in [0.2, 0.25) is 0 Å². The van der Waals surface area contributed by atoms with Crippen LogP contribution < -0.4 is 5.69 Å². The Morgan fingerprint density at radius 2 is 2.00 bits per heavy atom. The fraction of sp³-hybridized carbons (Fsp3) is 0.500. The number of aromatic nitrogens is 2.